The van der Waals surface area contributed by atoms with Gasteiger partial charge >= 0.3 is 0 Å². The van der Waals surface area contributed by atoms with Gasteiger partial charge in [0.2, 0.25) is 5.91 Å². The maximum atomic E-state index is 12.4. The molecule has 1 aromatic heterocycles. The number of aromatic amines is 1. The van der Waals surface area contributed by atoms with Gasteiger partial charge in [-0.25, -0.2) is 4.98 Å². The van der Waals surface area contributed by atoms with Gasteiger partial charge in [-0.3, -0.25) is 9.69 Å². The molecule has 2 N–H and O–H groups in total. The molecule has 0 unspecified atom stereocenters. The number of ether oxygens (including phenoxy) is 1. The Balaban J connectivity index is 1.36. The van der Waals surface area contributed by atoms with Crippen molar-refractivity contribution in [3.05, 3.63) is 54.4 Å². The molecule has 6 heteroatoms. The van der Waals surface area contributed by atoms with Crippen LogP contribution in [0.2, 0.25) is 0 Å². The molecule has 0 radical (unpaired) electrons. The van der Waals surface area contributed by atoms with E-state index in [0.717, 1.165) is 54.2 Å². The fraction of sp³-hybridized carbons (Fsp3) is 0.333. The van der Waals surface area contributed by atoms with Gasteiger partial charge in [-0.1, -0.05) is 12.1 Å². The number of piperidine rings is 1. The third-order valence-electron chi connectivity index (χ3n) is 5.04. The molecule has 0 spiro atoms. The van der Waals surface area contributed by atoms with Gasteiger partial charge in [0.1, 0.15) is 11.6 Å². The number of fused-ring (bicyclic) bond motifs is 1. The Kier molecular flexibility index (Phi) is 5.07. The zero-order valence-corrected chi connectivity index (χ0v) is 15.4. The van der Waals surface area contributed by atoms with E-state index in [4.69, 9.17) is 9.72 Å². The lowest BCUT2D eigenvalue weighted by atomic mass is 9.97. The monoisotopic (exact) mass is 364 g/mol. The fourth-order valence-corrected chi connectivity index (χ4v) is 3.67. The number of likely N-dealkylation sites (tertiary alicyclic amines) is 1. The topological polar surface area (TPSA) is 70.2 Å². The summed E-state index contributed by atoms with van der Waals surface area (Å²) in [6.45, 7) is 2.17. The first kappa shape index (κ1) is 17.5. The molecule has 1 aliphatic rings. The van der Waals surface area contributed by atoms with Crippen LogP contribution >= 0.6 is 0 Å². The quantitative estimate of drug-likeness (QED) is 0.728. The molecular weight excluding hydrogens is 340 g/mol. The van der Waals surface area contributed by atoms with Gasteiger partial charge in [-0.2, -0.15) is 0 Å². The van der Waals surface area contributed by atoms with Crippen molar-refractivity contribution in [3.63, 3.8) is 0 Å². The number of nitrogens with zero attached hydrogens (tertiary/aromatic N) is 2. The van der Waals surface area contributed by atoms with E-state index in [1.54, 1.807) is 7.11 Å². The fourth-order valence-electron chi connectivity index (χ4n) is 3.67. The summed E-state index contributed by atoms with van der Waals surface area (Å²) in [7, 11) is 1.63. The number of hydrogen-bond acceptors (Lipinski definition) is 4. The van der Waals surface area contributed by atoms with Crippen LogP contribution in [0.4, 0.5) is 5.69 Å². The van der Waals surface area contributed by atoms with Gasteiger partial charge in [0, 0.05) is 18.2 Å². The van der Waals surface area contributed by atoms with Crippen LogP contribution in [0, 0.1) is 0 Å². The minimum absolute atomic E-state index is 0.00502. The number of hydrogen-bond donors (Lipinski definition) is 2. The van der Waals surface area contributed by atoms with E-state index in [2.05, 4.69) is 21.3 Å². The largest absolute Gasteiger partial charge is 0.497 e. The lowest BCUT2D eigenvalue weighted by molar-refractivity contribution is -0.117. The third-order valence-corrected chi connectivity index (χ3v) is 5.04. The summed E-state index contributed by atoms with van der Waals surface area (Å²) >= 11 is 0. The van der Waals surface area contributed by atoms with Crippen molar-refractivity contribution in [2.75, 3.05) is 32.1 Å². The van der Waals surface area contributed by atoms with Crippen LogP contribution < -0.4 is 10.1 Å². The van der Waals surface area contributed by atoms with Crippen molar-refractivity contribution in [1.82, 2.24) is 14.9 Å². The minimum atomic E-state index is 0.00502. The minimum Gasteiger partial charge on any atom is -0.497 e. The normalized spacial score (nSPS) is 17.7. The molecule has 2 heterocycles. The molecule has 0 aliphatic carbocycles. The molecule has 1 saturated heterocycles. The number of imidazole rings is 1. The first-order valence-corrected chi connectivity index (χ1v) is 9.32. The molecule has 1 aliphatic heterocycles. The van der Waals surface area contributed by atoms with E-state index >= 15 is 0 Å². The number of para-hydroxylation sites is 2. The lowest BCUT2D eigenvalue weighted by Gasteiger charge is -2.31. The van der Waals surface area contributed by atoms with Gasteiger partial charge in [0.15, 0.2) is 0 Å². The summed E-state index contributed by atoms with van der Waals surface area (Å²) < 4.78 is 5.14. The van der Waals surface area contributed by atoms with Crippen molar-refractivity contribution in [2.45, 2.75) is 18.8 Å². The van der Waals surface area contributed by atoms with E-state index in [0.29, 0.717) is 12.5 Å². The Morgan fingerprint density at radius 1 is 1.26 bits per heavy atom. The summed E-state index contributed by atoms with van der Waals surface area (Å²) in [5, 5.41) is 2.96. The molecular formula is C21H24N4O2. The standard InChI is InChI=1S/C21H24N4O2/c1-27-17-10-8-16(9-11-17)22-20(26)14-25-12-4-5-15(13-25)21-23-18-6-2-3-7-19(18)24-21/h2-3,6-11,15H,4-5,12-14H2,1H3,(H,22,26)(H,23,24)/t15-/m0/s1. The summed E-state index contributed by atoms with van der Waals surface area (Å²) in [5.41, 5.74) is 2.86. The Labute approximate surface area is 158 Å². The molecule has 1 amide bonds. The number of methoxy groups -OCH3 is 1. The molecule has 4 rings (SSSR count). The number of aromatic nitrogens is 2. The second-order valence-corrected chi connectivity index (χ2v) is 6.99. The van der Waals surface area contributed by atoms with Crippen LogP contribution in [0.25, 0.3) is 11.0 Å². The summed E-state index contributed by atoms with van der Waals surface area (Å²) in [5.74, 6) is 2.14. The highest BCUT2D eigenvalue weighted by Gasteiger charge is 2.25. The second kappa shape index (κ2) is 7.80. The Hall–Kier alpha value is -2.86. The van der Waals surface area contributed by atoms with Crippen molar-refractivity contribution < 1.29 is 9.53 Å². The SMILES string of the molecule is COc1ccc(NC(=O)CN2CCC[C@H](c3nc4ccccc4[nH]3)C2)cc1. The first-order chi connectivity index (χ1) is 13.2. The number of amides is 1. The van der Waals surface area contributed by atoms with Crippen LogP contribution in [0.5, 0.6) is 5.75 Å². The van der Waals surface area contributed by atoms with Crippen molar-refractivity contribution in [1.29, 1.82) is 0 Å². The van der Waals surface area contributed by atoms with Gasteiger partial charge in [0.25, 0.3) is 0 Å². The number of H-pyrrole nitrogens is 1. The van der Waals surface area contributed by atoms with Gasteiger partial charge in [-0.05, 0) is 55.8 Å². The third kappa shape index (κ3) is 4.11. The summed E-state index contributed by atoms with van der Waals surface area (Å²) in [4.78, 5) is 22.8. The predicted octanol–water partition coefficient (Wildman–Crippen LogP) is 3.39. The Morgan fingerprint density at radius 3 is 2.85 bits per heavy atom. The van der Waals surface area contributed by atoms with Crippen molar-refractivity contribution >= 4 is 22.6 Å². The Bertz CT molecular complexity index is 886. The average Bonchev–Trinajstić information content (AvgIpc) is 3.13. The predicted molar refractivity (Wildman–Crippen MR) is 106 cm³/mol. The molecule has 3 aromatic rings. The average molecular weight is 364 g/mol. The van der Waals surface area contributed by atoms with Crippen LogP contribution in [0.1, 0.15) is 24.6 Å². The number of carbonyl (C=O) groups excluding carboxylic acids is 1. The van der Waals surface area contributed by atoms with E-state index in [-0.39, 0.29) is 5.91 Å². The lowest BCUT2D eigenvalue weighted by Crippen LogP contribution is -2.40. The first-order valence-electron chi connectivity index (χ1n) is 9.32. The highest BCUT2D eigenvalue weighted by molar-refractivity contribution is 5.92. The highest BCUT2D eigenvalue weighted by atomic mass is 16.5. The van der Waals surface area contributed by atoms with E-state index in [1.165, 1.54) is 0 Å². The molecule has 0 saturated carbocycles. The van der Waals surface area contributed by atoms with Gasteiger partial charge in [0.05, 0.1) is 24.7 Å². The smallest absolute Gasteiger partial charge is 0.238 e. The molecule has 0 bridgehead atoms. The van der Waals surface area contributed by atoms with E-state index in [9.17, 15) is 4.79 Å². The van der Waals surface area contributed by atoms with Gasteiger partial charge < -0.3 is 15.0 Å². The van der Waals surface area contributed by atoms with Crippen molar-refractivity contribution in [3.8, 4) is 5.75 Å². The van der Waals surface area contributed by atoms with Crippen LogP contribution in [0.15, 0.2) is 48.5 Å². The maximum Gasteiger partial charge on any atom is 0.238 e. The van der Waals surface area contributed by atoms with Crippen LogP contribution in [-0.4, -0.2) is 47.5 Å². The molecule has 140 valence electrons. The second-order valence-electron chi connectivity index (χ2n) is 6.99. The maximum absolute atomic E-state index is 12.4. The van der Waals surface area contributed by atoms with Gasteiger partial charge in [-0.15, -0.1) is 0 Å². The molecule has 6 nitrogen and oxygen atoms in total. The van der Waals surface area contributed by atoms with Crippen molar-refractivity contribution in [2.24, 2.45) is 0 Å². The van der Waals surface area contributed by atoms with E-state index < -0.39 is 0 Å². The van der Waals surface area contributed by atoms with E-state index in [1.807, 2.05) is 42.5 Å². The number of benzene rings is 2. The van der Waals surface area contributed by atoms with Crippen LogP contribution in [0.3, 0.4) is 0 Å². The highest BCUT2D eigenvalue weighted by Crippen LogP contribution is 2.26. The number of carbonyl (C=O) groups is 1. The number of nitrogens with one attached hydrogen (secondary N) is 2. The summed E-state index contributed by atoms with van der Waals surface area (Å²) in [6, 6.07) is 15.5. The molecule has 1 atom stereocenters. The zero-order valence-electron chi connectivity index (χ0n) is 15.4. The zero-order chi connectivity index (χ0) is 18.6. The van der Waals surface area contributed by atoms with Crippen LogP contribution in [-0.2, 0) is 4.79 Å². The number of anilines is 1. The molecule has 1 fully saturated rings. The molecule has 2 aromatic carbocycles. The number of rotatable bonds is 5. The Morgan fingerprint density at radius 2 is 2.07 bits per heavy atom. The molecule has 27 heavy (non-hydrogen) atoms. The summed E-state index contributed by atoms with van der Waals surface area (Å²) in [6.07, 6.45) is 2.16.